The third-order valence-corrected chi connectivity index (χ3v) is 7.19. The summed E-state index contributed by atoms with van der Waals surface area (Å²) in [6.45, 7) is 0.118. The molecule has 2 aromatic heterocycles. The van der Waals surface area contributed by atoms with Gasteiger partial charge in [-0.3, -0.25) is 0 Å². The number of piperidine rings is 1. The summed E-state index contributed by atoms with van der Waals surface area (Å²) >= 11 is 0. The first kappa shape index (κ1) is 25.5. The predicted octanol–water partition coefficient (Wildman–Crippen LogP) is 2.55. The summed E-state index contributed by atoms with van der Waals surface area (Å²) in [7, 11) is -3.31. The van der Waals surface area contributed by atoms with Gasteiger partial charge in [0.15, 0.2) is 0 Å². The summed E-state index contributed by atoms with van der Waals surface area (Å²) in [5, 5.41) is 22.0. The lowest BCUT2D eigenvalue weighted by atomic mass is 10.1. The standard InChI is InChI=1S/C22H22F3N7O3S/c1-36(34,35)32-7-5-15(6-8-32)29-21-27-10-17(22(23,24)25)20(30-21)18-11-31(13-28-18)19-4-2-3-14(9-26)16(19)12-33/h2-4,10-11,13,15,33H,5-8,12H2,1H3,(H,27,29,30). The molecule has 0 atom stereocenters. The van der Waals surface area contributed by atoms with Crippen LogP contribution in [0.15, 0.2) is 36.9 Å². The summed E-state index contributed by atoms with van der Waals surface area (Å²) < 4.78 is 67.4. The van der Waals surface area contributed by atoms with Crippen molar-refractivity contribution in [2.24, 2.45) is 0 Å². The Balaban J connectivity index is 1.65. The first-order valence-corrected chi connectivity index (χ1v) is 12.7. The van der Waals surface area contributed by atoms with Gasteiger partial charge in [-0.15, -0.1) is 0 Å². The number of rotatable bonds is 6. The van der Waals surface area contributed by atoms with Gasteiger partial charge in [-0.05, 0) is 25.0 Å². The van der Waals surface area contributed by atoms with E-state index in [2.05, 4.69) is 20.3 Å². The van der Waals surface area contributed by atoms with Gasteiger partial charge in [-0.25, -0.2) is 27.7 Å². The van der Waals surface area contributed by atoms with E-state index in [1.54, 1.807) is 12.1 Å². The van der Waals surface area contributed by atoms with Crippen LogP contribution in [0.5, 0.6) is 0 Å². The van der Waals surface area contributed by atoms with E-state index in [0.717, 1.165) is 6.26 Å². The van der Waals surface area contributed by atoms with E-state index in [0.29, 0.717) is 30.3 Å². The Morgan fingerprint density at radius 3 is 2.58 bits per heavy atom. The highest BCUT2D eigenvalue weighted by molar-refractivity contribution is 7.88. The van der Waals surface area contributed by atoms with Gasteiger partial charge in [0.2, 0.25) is 16.0 Å². The molecule has 4 rings (SSSR count). The molecule has 3 aromatic rings. The minimum Gasteiger partial charge on any atom is -0.392 e. The van der Waals surface area contributed by atoms with Crippen LogP contribution >= 0.6 is 0 Å². The summed E-state index contributed by atoms with van der Waals surface area (Å²) in [5.74, 6) is -0.0344. The van der Waals surface area contributed by atoms with Crippen molar-refractivity contribution < 1.29 is 26.7 Å². The number of aliphatic hydroxyl groups excluding tert-OH is 1. The molecule has 0 spiro atoms. The first-order valence-electron chi connectivity index (χ1n) is 10.8. The second kappa shape index (κ2) is 9.84. The van der Waals surface area contributed by atoms with E-state index in [-0.39, 0.29) is 36.3 Å². The lowest BCUT2D eigenvalue weighted by Crippen LogP contribution is -2.42. The third-order valence-electron chi connectivity index (χ3n) is 5.88. The fourth-order valence-electron chi connectivity index (χ4n) is 4.03. The van der Waals surface area contributed by atoms with E-state index in [9.17, 15) is 32.0 Å². The highest BCUT2D eigenvalue weighted by Crippen LogP contribution is 2.36. The zero-order valence-electron chi connectivity index (χ0n) is 19.1. The van der Waals surface area contributed by atoms with Crippen LogP contribution in [0.3, 0.4) is 0 Å². The van der Waals surface area contributed by atoms with Crippen LogP contribution in [-0.4, -0.2) is 62.7 Å². The van der Waals surface area contributed by atoms with Crippen LogP contribution in [0.2, 0.25) is 0 Å². The highest BCUT2D eigenvalue weighted by Gasteiger charge is 2.36. The van der Waals surface area contributed by atoms with Gasteiger partial charge < -0.3 is 15.0 Å². The van der Waals surface area contributed by atoms with Crippen molar-refractivity contribution in [2.45, 2.75) is 31.7 Å². The number of imidazole rings is 1. The van der Waals surface area contributed by atoms with Crippen molar-refractivity contribution in [3.63, 3.8) is 0 Å². The number of halogens is 3. The molecule has 3 heterocycles. The summed E-state index contributed by atoms with van der Waals surface area (Å²) in [6, 6.07) is 6.48. The third kappa shape index (κ3) is 5.32. The summed E-state index contributed by atoms with van der Waals surface area (Å²) in [6.07, 6.45) is 0.579. The fraction of sp³-hybridized carbons (Fsp3) is 0.364. The largest absolute Gasteiger partial charge is 0.420 e. The molecule has 14 heteroatoms. The smallest absolute Gasteiger partial charge is 0.392 e. The molecule has 190 valence electrons. The number of alkyl halides is 3. The number of hydrogen-bond acceptors (Lipinski definition) is 8. The van der Waals surface area contributed by atoms with E-state index in [1.165, 1.54) is 27.5 Å². The maximum absolute atomic E-state index is 13.8. The van der Waals surface area contributed by atoms with Crippen LogP contribution in [0, 0.1) is 11.3 Å². The van der Waals surface area contributed by atoms with E-state index in [4.69, 9.17) is 0 Å². The Hall–Kier alpha value is -3.54. The minimum absolute atomic E-state index is 0.0344. The lowest BCUT2D eigenvalue weighted by Gasteiger charge is -2.30. The van der Waals surface area contributed by atoms with Crippen LogP contribution in [0.4, 0.5) is 19.1 Å². The summed E-state index contributed by atoms with van der Waals surface area (Å²) in [5.41, 5.74) is -0.644. The van der Waals surface area contributed by atoms with Gasteiger partial charge in [0.05, 0.1) is 36.5 Å². The van der Waals surface area contributed by atoms with Gasteiger partial charge >= 0.3 is 6.18 Å². The number of aromatic nitrogens is 4. The molecular formula is C22H22F3N7O3S. The number of benzene rings is 1. The van der Waals surface area contributed by atoms with Crippen LogP contribution in [0.1, 0.15) is 29.5 Å². The number of nitrogens with one attached hydrogen (secondary N) is 1. The quantitative estimate of drug-likeness (QED) is 0.505. The molecule has 0 radical (unpaired) electrons. The van der Waals surface area contributed by atoms with Gasteiger partial charge in [0.1, 0.15) is 17.0 Å². The average Bonchev–Trinajstić information content (AvgIpc) is 3.32. The molecule has 0 aliphatic carbocycles. The normalized spacial score (nSPS) is 15.6. The molecule has 1 aliphatic rings. The van der Waals surface area contributed by atoms with E-state index >= 15 is 0 Å². The number of sulfonamides is 1. The molecule has 0 bridgehead atoms. The number of nitrogens with zero attached hydrogens (tertiary/aromatic N) is 6. The molecule has 1 aromatic carbocycles. The van der Waals surface area contributed by atoms with Crippen molar-refractivity contribution in [2.75, 3.05) is 24.7 Å². The molecule has 0 unspecified atom stereocenters. The number of aliphatic hydroxyl groups is 1. The van der Waals surface area contributed by atoms with Gasteiger partial charge in [-0.1, -0.05) is 6.07 Å². The topological polar surface area (TPSA) is 137 Å². The van der Waals surface area contributed by atoms with Gasteiger partial charge in [0.25, 0.3) is 0 Å². The molecule has 1 aliphatic heterocycles. The van der Waals surface area contributed by atoms with Crippen LogP contribution in [-0.2, 0) is 22.8 Å². The number of nitriles is 1. The molecule has 36 heavy (non-hydrogen) atoms. The fourth-order valence-corrected chi connectivity index (χ4v) is 4.91. The minimum atomic E-state index is -4.74. The van der Waals surface area contributed by atoms with Crippen LogP contribution in [0.25, 0.3) is 17.1 Å². The molecule has 1 saturated heterocycles. The maximum atomic E-state index is 13.8. The molecule has 1 fully saturated rings. The summed E-state index contributed by atoms with van der Waals surface area (Å²) in [4.78, 5) is 12.0. The Morgan fingerprint density at radius 1 is 1.25 bits per heavy atom. The van der Waals surface area contributed by atoms with Crippen LogP contribution < -0.4 is 5.32 Å². The van der Waals surface area contributed by atoms with Crippen molar-refractivity contribution in [1.29, 1.82) is 5.26 Å². The molecule has 10 nitrogen and oxygen atoms in total. The maximum Gasteiger partial charge on any atom is 0.420 e. The second-order valence-electron chi connectivity index (χ2n) is 8.27. The zero-order valence-corrected chi connectivity index (χ0v) is 19.9. The second-order valence-corrected chi connectivity index (χ2v) is 10.3. The predicted molar refractivity (Wildman–Crippen MR) is 123 cm³/mol. The Kier molecular flexibility index (Phi) is 6.98. The lowest BCUT2D eigenvalue weighted by molar-refractivity contribution is -0.137. The SMILES string of the molecule is CS(=O)(=O)N1CCC(Nc2ncc(C(F)(F)F)c(-c3cn(-c4cccc(C#N)c4CO)cn3)n2)CC1. The van der Waals surface area contributed by atoms with Crippen molar-refractivity contribution in [3.8, 4) is 23.1 Å². The van der Waals surface area contributed by atoms with E-state index in [1.807, 2.05) is 6.07 Å². The molecular weight excluding hydrogens is 499 g/mol. The van der Waals surface area contributed by atoms with E-state index < -0.39 is 34.1 Å². The Morgan fingerprint density at radius 2 is 1.97 bits per heavy atom. The number of anilines is 1. The Labute approximate surface area is 205 Å². The van der Waals surface area contributed by atoms with Crippen molar-refractivity contribution >= 4 is 16.0 Å². The monoisotopic (exact) mass is 521 g/mol. The number of hydrogen-bond donors (Lipinski definition) is 2. The Bertz CT molecular complexity index is 1410. The average molecular weight is 522 g/mol. The van der Waals surface area contributed by atoms with Crippen molar-refractivity contribution in [1.82, 2.24) is 23.8 Å². The first-order chi connectivity index (χ1) is 17.0. The van der Waals surface area contributed by atoms with Gasteiger partial charge in [0, 0.05) is 37.1 Å². The zero-order chi connectivity index (χ0) is 26.1. The van der Waals surface area contributed by atoms with Gasteiger partial charge in [-0.2, -0.15) is 18.4 Å². The molecule has 0 amide bonds. The highest BCUT2D eigenvalue weighted by atomic mass is 32.2. The van der Waals surface area contributed by atoms with Crippen molar-refractivity contribution in [3.05, 3.63) is 53.6 Å². The molecule has 2 N–H and O–H groups in total. The molecule has 0 saturated carbocycles.